The summed E-state index contributed by atoms with van der Waals surface area (Å²) in [5.74, 6) is 0.807. The van der Waals surface area contributed by atoms with E-state index in [1.54, 1.807) is 0 Å². The Morgan fingerprint density at radius 3 is 2.05 bits per heavy atom. The van der Waals surface area contributed by atoms with Gasteiger partial charge >= 0.3 is 0 Å². The van der Waals surface area contributed by atoms with Crippen LogP contribution in [-0.2, 0) is 0 Å². The average molecular weight is 295 g/mol. The van der Waals surface area contributed by atoms with Crippen LogP contribution in [0.4, 0.5) is 0 Å². The molecule has 0 spiro atoms. The fourth-order valence-corrected chi connectivity index (χ4v) is 5.64. The van der Waals surface area contributed by atoms with Gasteiger partial charge in [-0.25, -0.2) is 0 Å². The highest BCUT2D eigenvalue weighted by atomic mass is 15.2. The van der Waals surface area contributed by atoms with Gasteiger partial charge in [0.2, 0.25) is 0 Å². The highest BCUT2D eigenvalue weighted by Gasteiger charge is 2.47. The van der Waals surface area contributed by atoms with Crippen LogP contribution in [0.15, 0.2) is 0 Å². The molecule has 1 aliphatic carbocycles. The van der Waals surface area contributed by atoms with Gasteiger partial charge in [0.05, 0.1) is 0 Å². The summed E-state index contributed by atoms with van der Waals surface area (Å²) >= 11 is 0. The summed E-state index contributed by atoms with van der Waals surface area (Å²) in [6.45, 7) is 15.4. The monoisotopic (exact) mass is 294 g/mol. The molecule has 2 aliphatic rings. The van der Waals surface area contributed by atoms with Gasteiger partial charge in [-0.3, -0.25) is 4.90 Å². The van der Waals surface area contributed by atoms with Crippen LogP contribution in [0.3, 0.4) is 0 Å². The van der Waals surface area contributed by atoms with E-state index in [-0.39, 0.29) is 5.54 Å². The Hall–Kier alpha value is -0.0800. The first-order chi connectivity index (χ1) is 9.80. The molecule has 1 aliphatic heterocycles. The van der Waals surface area contributed by atoms with E-state index >= 15 is 0 Å². The zero-order valence-corrected chi connectivity index (χ0v) is 15.2. The van der Waals surface area contributed by atoms with Crippen LogP contribution in [0.25, 0.3) is 0 Å². The largest absolute Gasteiger partial charge is 0.329 e. The molecule has 0 bridgehead atoms. The molecule has 0 amide bonds. The second-order valence-corrected chi connectivity index (χ2v) is 8.98. The molecule has 0 radical (unpaired) electrons. The minimum atomic E-state index is 0.273. The van der Waals surface area contributed by atoms with E-state index < -0.39 is 0 Å². The summed E-state index contributed by atoms with van der Waals surface area (Å²) in [7, 11) is 0. The maximum Gasteiger partial charge on any atom is 0.0339 e. The third-order valence-corrected chi connectivity index (χ3v) is 6.81. The molecule has 0 aromatic carbocycles. The van der Waals surface area contributed by atoms with E-state index in [0.717, 1.165) is 12.5 Å². The Morgan fingerprint density at radius 1 is 1.05 bits per heavy atom. The SMILES string of the molecule is CCC1(CC)CCN(C2(CN)CC(C)CC(C)(C)C2)CC1. The number of piperidine rings is 1. The van der Waals surface area contributed by atoms with E-state index in [4.69, 9.17) is 5.73 Å². The number of likely N-dealkylation sites (tertiary alicyclic amines) is 1. The molecule has 2 fully saturated rings. The predicted molar refractivity (Wildman–Crippen MR) is 92.4 cm³/mol. The molecule has 2 nitrogen and oxygen atoms in total. The van der Waals surface area contributed by atoms with Crippen LogP contribution >= 0.6 is 0 Å². The third-order valence-electron chi connectivity index (χ3n) is 6.81. The number of nitrogens with zero attached hydrogens (tertiary/aromatic N) is 1. The summed E-state index contributed by atoms with van der Waals surface area (Å²) in [4.78, 5) is 2.79. The minimum Gasteiger partial charge on any atom is -0.329 e. The summed E-state index contributed by atoms with van der Waals surface area (Å²) in [5, 5.41) is 0. The van der Waals surface area contributed by atoms with Crippen molar-refractivity contribution in [3.05, 3.63) is 0 Å². The Morgan fingerprint density at radius 2 is 1.62 bits per heavy atom. The van der Waals surface area contributed by atoms with Crippen molar-refractivity contribution in [2.24, 2.45) is 22.5 Å². The second-order valence-electron chi connectivity index (χ2n) is 8.98. The molecule has 0 aromatic rings. The molecule has 0 aromatic heterocycles. The van der Waals surface area contributed by atoms with Gasteiger partial charge in [-0.1, -0.05) is 47.5 Å². The van der Waals surface area contributed by atoms with Crippen molar-refractivity contribution in [3.8, 4) is 0 Å². The molecule has 1 saturated carbocycles. The normalized spacial score (nSPS) is 36.6. The van der Waals surface area contributed by atoms with Gasteiger partial charge in [0.15, 0.2) is 0 Å². The van der Waals surface area contributed by atoms with Crippen LogP contribution in [0, 0.1) is 16.7 Å². The zero-order chi connectivity index (χ0) is 15.7. The van der Waals surface area contributed by atoms with Crippen molar-refractivity contribution < 1.29 is 0 Å². The maximum atomic E-state index is 6.34. The smallest absolute Gasteiger partial charge is 0.0339 e. The maximum absolute atomic E-state index is 6.34. The number of hydrogen-bond donors (Lipinski definition) is 1. The fourth-order valence-electron chi connectivity index (χ4n) is 5.64. The zero-order valence-electron chi connectivity index (χ0n) is 15.2. The van der Waals surface area contributed by atoms with E-state index in [1.165, 1.54) is 58.0 Å². The van der Waals surface area contributed by atoms with Crippen LogP contribution in [0.2, 0.25) is 0 Å². The van der Waals surface area contributed by atoms with Crippen molar-refractivity contribution >= 4 is 0 Å². The highest BCUT2D eigenvalue weighted by molar-refractivity contribution is 5.03. The van der Waals surface area contributed by atoms with Crippen molar-refractivity contribution in [1.29, 1.82) is 0 Å². The molecular formula is C19H38N2. The molecule has 1 heterocycles. The van der Waals surface area contributed by atoms with Crippen molar-refractivity contribution in [1.82, 2.24) is 4.90 Å². The number of hydrogen-bond acceptors (Lipinski definition) is 2. The lowest BCUT2D eigenvalue weighted by Gasteiger charge is -2.56. The first kappa shape index (κ1) is 17.3. The Kier molecular flexibility index (Phi) is 5.10. The molecule has 2 unspecified atom stereocenters. The number of nitrogens with two attached hydrogens (primary N) is 1. The van der Waals surface area contributed by atoms with Crippen LogP contribution in [-0.4, -0.2) is 30.1 Å². The predicted octanol–water partition coefficient (Wildman–Crippen LogP) is 4.43. The van der Waals surface area contributed by atoms with Crippen molar-refractivity contribution in [2.45, 2.75) is 85.1 Å². The average Bonchev–Trinajstić information content (AvgIpc) is 2.45. The van der Waals surface area contributed by atoms with Gasteiger partial charge < -0.3 is 5.73 Å². The molecule has 124 valence electrons. The molecular weight excluding hydrogens is 256 g/mol. The molecule has 2 heteroatoms. The van der Waals surface area contributed by atoms with E-state index in [1.807, 2.05) is 0 Å². The minimum absolute atomic E-state index is 0.273. The molecule has 21 heavy (non-hydrogen) atoms. The fraction of sp³-hybridized carbons (Fsp3) is 1.00. The third kappa shape index (κ3) is 3.47. The van der Waals surface area contributed by atoms with E-state index in [9.17, 15) is 0 Å². The standard InChI is InChI=1S/C19H38N2/c1-6-18(7-2)8-10-21(11-9-18)19(15-20)13-16(3)12-17(4,5)14-19/h16H,6-15,20H2,1-5H3. The molecule has 2 rings (SSSR count). The number of rotatable bonds is 4. The molecule has 2 atom stereocenters. The van der Waals surface area contributed by atoms with Crippen molar-refractivity contribution in [3.63, 3.8) is 0 Å². The molecule has 2 N–H and O–H groups in total. The summed E-state index contributed by atoms with van der Waals surface area (Å²) < 4.78 is 0. The Labute approximate surface area is 132 Å². The topological polar surface area (TPSA) is 29.3 Å². The lowest BCUT2D eigenvalue weighted by molar-refractivity contribution is -0.0451. The Balaban J connectivity index is 2.12. The van der Waals surface area contributed by atoms with Gasteiger partial charge in [-0.15, -0.1) is 0 Å². The van der Waals surface area contributed by atoms with Crippen LogP contribution in [0.1, 0.15) is 79.6 Å². The van der Waals surface area contributed by atoms with Gasteiger partial charge in [0, 0.05) is 12.1 Å². The lowest BCUT2D eigenvalue weighted by Crippen LogP contribution is -2.61. The van der Waals surface area contributed by atoms with E-state index in [2.05, 4.69) is 39.5 Å². The second kappa shape index (κ2) is 6.20. The molecule has 1 saturated heterocycles. The summed E-state index contributed by atoms with van der Waals surface area (Å²) in [5.41, 5.74) is 7.67. The lowest BCUT2D eigenvalue weighted by atomic mass is 9.62. The van der Waals surface area contributed by atoms with Gasteiger partial charge in [0.25, 0.3) is 0 Å². The Bertz CT molecular complexity index is 335. The van der Waals surface area contributed by atoms with Crippen LogP contribution in [0.5, 0.6) is 0 Å². The quantitative estimate of drug-likeness (QED) is 0.831. The van der Waals surface area contributed by atoms with Crippen LogP contribution < -0.4 is 5.73 Å². The highest BCUT2D eigenvalue weighted by Crippen LogP contribution is 2.48. The van der Waals surface area contributed by atoms with E-state index in [0.29, 0.717) is 10.8 Å². The first-order valence-electron chi connectivity index (χ1n) is 9.25. The summed E-state index contributed by atoms with van der Waals surface area (Å²) in [6.07, 6.45) is 9.37. The van der Waals surface area contributed by atoms with Gasteiger partial charge in [-0.2, -0.15) is 0 Å². The van der Waals surface area contributed by atoms with Gasteiger partial charge in [-0.05, 0) is 61.9 Å². The van der Waals surface area contributed by atoms with Gasteiger partial charge in [0.1, 0.15) is 0 Å². The van der Waals surface area contributed by atoms with Crippen molar-refractivity contribution in [2.75, 3.05) is 19.6 Å². The summed E-state index contributed by atoms with van der Waals surface area (Å²) in [6, 6.07) is 0. The first-order valence-corrected chi connectivity index (χ1v) is 9.25.